The minimum atomic E-state index is 0.659. The van der Waals surface area contributed by atoms with Crippen molar-refractivity contribution in [2.24, 2.45) is 0 Å². The lowest BCUT2D eigenvalue weighted by Gasteiger charge is -2.03. The fraction of sp³-hybridized carbons (Fsp3) is 1.00. The second kappa shape index (κ2) is 18.1. The molecule has 0 aromatic heterocycles. The summed E-state index contributed by atoms with van der Waals surface area (Å²) in [5, 5.41) is 0. The molecule has 0 aromatic carbocycles. The Bertz CT molecular complexity index is 63.9. The van der Waals surface area contributed by atoms with Gasteiger partial charge in [0.2, 0.25) is 0 Å². The van der Waals surface area contributed by atoms with Crippen molar-refractivity contribution in [2.45, 2.75) is 13.3 Å². The first-order chi connectivity index (χ1) is 6.41. The van der Waals surface area contributed by atoms with Gasteiger partial charge in [0.25, 0.3) is 0 Å². The summed E-state index contributed by atoms with van der Waals surface area (Å²) < 4.78 is 15.2. The normalized spacial score (nSPS) is 9.23. The van der Waals surface area contributed by atoms with Gasteiger partial charge in [-0.25, -0.2) is 0 Å². The third kappa shape index (κ3) is 18.9. The summed E-state index contributed by atoms with van der Waals surface area (Å²) in [6.07, 6.45) is 2.76. The molecule has 0 saturated heterocycles. The van der Waals surface area contributed by atoms with Crippen LogP contribution in [-0.4, -0.2) is 46.4 Å². The average molecular weight is 210 g/mol. The number of hydrogen-bond donors (Lipinski definition) is 1. The second-order valence-electron chi connectivity index (χ2n) is 2.22. The van der Waals surface area contributed by atoms with Crippen molar-refractivity contribution in [2.75, 3.05) is 46.4 Å². The van der Waals surface area contributed by atoms with Gasteiger partial charge in [0.15, 0.2) is 0 Å². The van der Waals surface area contributed by atoms with Crippen LogP contribution in [0.4, 0.5) is 0 Å². The third-order valence-electron chi connectivity index (χ3n) is 1.15. The van der Waals surface area contributed by atoms with Gasteiger partial charge in [-0.3, -0.25) is 0 Å². The van der Waals surface area contributed by atoms with Crippen LogP contribution < -0.4 is 0 Å². The SMILES string of the molecule is CCCOCCOCCOC.CS. The Kier molecular flexibility index (Phi) is 21.9. The van der Waals surface area contributed by atoms with Crippen molar-refractivity contribution >= 4 is 12.6 Å². The minimum Gasteiger partial charge on any atom is -0.382 e. The summed E-state index contributed by atoms with van der Waals surface area (Å²) in [5.41, 5.74) is 0. The van der Waals surface area contributed by atoms with E-state index >= 15 is 0 Å². The van der Waals surface area contributed by atoms with Crippen LogP contribution in [0.1, 0.15) is 13.3 Å². The molecule has 0 heterocycles. The van der Waals surface area contributed by atoms with Gasteiger partial charge in [-0.2, -0.15) is 12.6 Å². The monoisotopic (exact) mass is 210 g/mol. The van der Waals surface area contributed by atoms with Gasteiger partial charge in [0, 0.05) is 13.7 Å². The Morgan fingerprint density at radius 1 is 0.846 bits per heavy atom. The first-order valence-corrected chi connectivity index (χ1v) is 5.40. The Morgan fingerprint density at radius 3 is 1.77 bits per heavy atom. The van der Waals surface area contributed by atoms with E-state index < -0.39 is 0 Å². The molecule has 0 aliphatic carbocycles. The number of hydrogen-bond acceptors (Lipinski definition) is 4. The molecular weight excluding hydrogens is 188 g/mol. The lowest BCUT2D eigenvalue weighted by molar-refractivity contribution is 0.0250. The molecule has 0 aromatic rings. The Morgan fingerprint density at radius 2 is 1.31 bits per heavy atom. The van der Waals surface area contributed by atoms with Crippen LogP contribution in [0.2, 0.25) is 0 Å². The first kappa shape index (κ1) is 15.7. The minimum absolute atomic E-state index is 0.659. The van der Waals surface area contributed by atoms with E-state index in [1.165, 1.54) is 0 Å². The zero-order chi connectivity index (χ0) is 10.4. The molecule has 82 valence electrons. The topological polar surface area (TPSA) is 27.7 Å². The maximum atomic E-state index is 5.20. The molecule has 0 bridgehead atoms. The molecule has 3 nitrogen and oxygen atoms in total. The molecular formula is C9H22O3S. The van der Waals surface area contributed by atoms with E-state index in [1.54, 1.807) is 13.4 Å². The molecule has 4 heteroatoms. The number of methoxy groups -OCH3 is 1. The molecule has 0 radical (unpaired) electrons. The van der Waals surface area contributed by atoms with Crippen molar-refractivity contribution in [3.05, 3.63) is 0 Å². The van der Waals surface area contributed by atoms with Crippen molar-refractivity contribution < 1.29 is 14.2 Å². The quantitative estimate of drug-likeness (QED) is 0.487. The second-order valence-corrected chi connectivity index (χ2v) is 2.22. The van der Waals surface area contributed by atoms with E-state index in [0.29, 0.717) is 26.4 Å². The van der Waals surface area contributed by atoms with Crippen LogP contribution in [-0.2, 0) is 14.2 Å². The molecule has 0 aliphatic heterocycles. The highest BCUT2D eigenvalue weighted by Crippen LogP contribution is 1.81. The molecule has 0 N–H and O–H groups in total. The lowest BCUT2D eigenvalue weighted by Crippen LogP contribution is -2.08. The molecule has 0 atom stereocenters. The summed E-state index contributed by atoms with van der Waals surface area (Å²) in [5.74, 6) is 0. The zero-order valence-corrected chi connectivity index (χ0v) is 9.81. The van der Waals surface area contributed by atoms with Gasteiger partial charge in [-0.1, -0.05) is 6.92 Å². The van der Waals surface area contributed by atoms with Gasteiger partial charge in [-0.05, 0) is 12.7 Å². The summed E-state index contributed by atoms with van der Waals surface area (Å²) in [7, 11) is 1.66. The zero-order valence-electron chi connectivity index (χ0n) is 8.91. The average Bonchev–Trinajstić information content (AvgIpc) is 2.20. The van der Waals surface area contributed by atoms with Gasteiger partial charge in [-0.15, -0.1) is 0 Å². The van der Waals surface area contributed by atoms with Crippen LogP contribution in [0.5, 0.6) is 0 Å². The first-order valence-electron chi connectivity index (χ1n) is 4.51. The van der Waals surface area contributed by atoms with Crippen molar-refractivity contribution in [3.8, 4) is 0 Å². The fourth-order valence-corrected chi connectivity index (χ4v) is 0.609. The van der Waals surface area contributed by atoms with Crippen LogP contribution in [0, 0.1) is 0 Å². The highest BCUT2D eigenvalue weighted by atomic mass is 32.1. The Balaban J connectivity index is 0. The number of rotatable bonds is 8. The van der Waals surface area contributed by atoms with E-state index in [1.807, 2.05) is 0 Å². The summed E-state index contributed by atoms with van der Waals surface area (Å²) in [4.78, 5) is 0. The summed E-state index contributed by atoms with van der Waals surface area (Å²) >= 11 is 3.53. The van der Waals surface area contributed by atoms with Gasteiger partial charge >= 0.3 is 0 Å². The highest BCUT2D eigenvalue weighted by molar-refractivity contribution is 7.79. The molecule has 0 fully saturated rings. The van der Waals surface area contributed by atoms with E-state index in [4.69, 9.17) is 14.2 Å². The molecule has 0 unspecified atom stereocenters. The maximum absolute atomic E-state index is 5.20. The van der Waals surface area contributed by atoms with Gasteiger partial charge in [0.05, 0.1) is 26.4 Å². The Labute approximate surface area is 87.2 Å². The number of thiol groups is 1. The molecule has 0 saturated carbocycles. The van der Waals surface area contributed by atoms with E-state index in [9.17, 15) is 0 Å². The predicted octanol–water partition coefficient (Wildman–Crippen LogP) is 1.62. The van der Waals surface area contributed by atoms with E-state index in [2.05, 4.69) is 19.6 Å². The smallest absolute Gasteiger partial charge is 0.0701 e. The molecule has 0 spiro atoms. The van der Waals surface area contributed by atoms with Crippen LogP contribution >= 0.6 is 12.6 Å². The predicted molar refractivity (Wildman–Crippen MR) is 58.7 cm³/mol. The highest BCUT2D eigenvalue weighted by Gasteiger charge is 1.87. The van der Waals surface area contributed by atoms with E-state index in [0.717, 1.165) is 13.0 Å². The lowest BCUT2D eigenvalue weighted by atomic mass is 10.5. The maximum Gasteiger partial charge on any atom is 0.0701 e. The Hall–Kier alpha value is 0.230. The van der Waals surface area contributed by atoms with Crippen molar-refractivity contribution in [1.29, 1.82) is 0 Å². The summed E-state index contributed by atoms with van der Waals surface area (Å²) in [6.45, 7) is 5.60. The standard InChI is InChI=1S/C8H18O3.CH4S/c1-3-4-10-7-8-11-6-5-9-2;1-2/h3-8H2,1-2H3;2H,1H3. The fourth-order valence-electron chi connectivity index (χ4n) is 0.609. The largest absolute Gasteiger partial charge is 0.382 e. The van der Waals surface area contributed by atoms with Crippen LogP contribution in [0.15, 0.2) is 0 Å². The molecule has 0 aliphatic rings. The number of ether oxygens (including phenoxy) is 3. The van der Waals surface area contributed by atoms with Gasteiger partial charge < -0.3 is 14.2 Å². The molecule has 13 heavy (non-hydrogen) atoms. The van der Waals surface area contributed by atoms with Crippen molar-refractivity contribution in [3.63, 3.8) is 0 Å². The van der Waals surface area contributed by atoms with Crippen molar-refractivity contribution in [1.82, 2.24) is 0 Å². The van der Waals surface area contributed by atoms with Crippen LogP contribution in [0.3, 0.4) is 0 Å². The summed E-state index contributed by atoms with van der Waals surface area (Å²) in [6, 6.07) is 0. The molecule has 0 amide bonds. The van der Waals surface area contributed by atoms with Crippen LogP contribution in [0.25, 0.3) is 0 Å². The van der Waals surface area contributed by atoms with E-state index in [-0.39, 0.29) is 0 Å². The van der Waals surface area contributed by atoms with Gasteiger partial charge in [0.1, 0.15) is 0 Å². The third-order valence-corrected chi connectivity index (χ3v) is 1.15. The molecule has 0 rings (SSSR count).